The van der Waals surface area contributed by atoms with Crippen LogP contribution in [0.25, 0.3) is 0 Å². The fourth-order valence-corrected chi connectivity index (χ4v) is 5.76. The predicted octanol–water partition coefficient (Wildman–Crippen LogP) is 4.64. The van der Waals surface area contributed by atoms with Crippen LogP contribution in [-0.2, 0) is 37.8 Å². The van der Waals surface area contributed by atoms with E-state index in [0.29, 0.717) is 5.69 Å². The van der Waals surface area contributed by atoms with Crippen molar-refractivity contribution in [3.05, 3.63) is 100 Å². The average molecular weight is 499 g/mol. The zero-order valence-corrected chi connectivity index (χ0v) is 20.8. The smallest absolute Gasteiger partial charge is 0.304 e. The van der Waals surface area contributed by atoms with Gasteiger partial charge in [-0.3, -0.25) is 14.4 Å². The second-order valence-corrected chi connectivity index (χ2v) is 10.0. The molecule has 2 atom stereocenters. The Kier molecular flexibility index (Phi) is 6.26. The molecule has 1 N–H and O–H groups in total. The highest BCUT2D eigenvalue weighted by molar-refractivity contribution is 5.68. The van der Waals surface area contributed by atoms with Crippen LogP contribution < -0.4 is 4.74 Å². The highest BCUT2D eigenvalue weighted by Gasteiger charge is 2.28. The van der Waals surface area contributed by atoms with E-state index < -0.39 is 5.97 Å². The van der Waals surface area contributed by atoms with Crippen molar-refractivity contribution >= 4 is 5.97 Å². The summed E-state index contributed by atoms with van der Waals surface area (Å²) in [4.78, 5) is 13.9. The number of nitrogens with zero attached hydrogens (tertiary/aromatic N) is 4. The standard InChI is InChI=1S/C29H30N4O4/c1-32-16-21-18-33(13-11-26(21)30-32)17-20-3-2-4-24-23(20)9-10-28(24)37-22-7-5-19(6-8-22)25(15-29(34)35)27-12-14-36-31-27/h2-8,12,14,16,25,28H,9-11,13,15,17-18H2,1H3,(H,34,35)/t25-,28+/m0/s1. The Bertz CT molecular complexity index is 1390. The molecule has 8 heteroatoms. The van der Waals surface area contributed by atoms with E-state index in [1.807, 2.05) is 36.0 Å². The number of aryl methyl sites for hydroxylation is 1. The van der Waals surface area contributed by atoms with Gasteiger partial charge in [-0.25, -0.2) is 0 Å². The Morgan fingerprint density at radius 3 is 2.84 bits per heavy atom. The summed E-state index contributed by atoms with van der Waals surface area (Å²) >= 11 is 0. The van der Waals surface area contributed by atoms with Gasteiger partial charge in [-0.2, -0.15) is 5.10 Å². The van der Waals surface area contributed by atoms with Gasteiger partial charge >= 0.3 is 5.97 Å². The third-order valence-electron chi connectivity index (χ3n) is 7.51. The van der Waals surface area contributed by atoms with Crippen LogP contribution in [0.4, 0.5) is 0 Å². The van der Waals surface area contributed by atoms with E-state index in [4.69, 9.17) is 9.26 Å². The minimum Gasteiger partial charge on any atom is -0.486 e. The number of carbonyl (C=O) groups is 1. The molecule has 0 saturated heterocycles. The molecule has 190 valence electrons. The second-order valence-electron chi connectivity index (χ2n) is 10.0. The first kappa shape index (κ1) is 23.5. The zero-order valence-electron chi connectivity index (χ0n) is 20.8. The minimum atomic E-state index is -0.878. The van der Waals surface area contributed by atoms with Crippen LogP contribution in [0.15, 0.2) is 65.5 Å². The van der Waals surface area contributed by atoms with Crippen LogP contribution >= 0.6 is 0 Å². The molecule has 2 aromatic heterocycles. The lowest BCUT2D eigenvalue weighted by Gasteiger charge is -2.27. The van der Waals surface area contributed by atoms with E-state index in [2.05, 4.69) is 39.6 Å². The van der Waals surface area contributed by atoms with E-state index in [1.54, 1.807) is 6.07 Å². The number of carboxylic acid groups (broad SMARTS) is 1. The van der Waals surface area contributed by atoms with E-state index in [9.17, 15) is 9.90 Å². The largest absolute Gasteiger partial charge is 0.486 e. The molecule has 0 spiro atoms. The topological polar surface area (TPSA) is 93.6 Å². The van der Waals surface area contributed by atoms with E-state index >= 15 is 0 Å². The molecule has 0 unspecified atom stereocenters. The van der Waals surface area contributed by atoms with Crippen molar-refractivity contribution in [3.63, 3.8) is 0 Å². The van der Waals surface area contributed by atoms with Gasteiger partial charge in [-0.1, -0.05) is 35.5 Å². The first-order valence-electron chi connectivity index (χ1n) is 12.8. The maximum atomic E-state index is 11.4. The fourth-order valence-electron chi connectivity index (χ4n) is 5.76. The number of fused-ring (bicyclic) bond motifs is 2. The Balaban J connectivity index is 1.15. The van der Waals surface area contributed by atoms with Crippen LogP contribution in [0.5, 0.6) is 5.75 Å². The third kappa shape index (κ3) is 4.89. The van der Waals surface area contributed by atoms with Crippen LogP contribution in [0.1, 0.15) is 64.1 Å². The molecule has 0 saturated carbocycles. The third-order valence-corrected chi connectivity index (χ3v) is 7.51. The van der Waals surface area contributed by atoms with Crippen molar-refractivity contribution in [2.75, 3.05) is 6.54 Å². The van der Waals surface area contributed by atoms with Gasteiger partial charge in [0.15, 0.2) is 0 Å². The molecule has 0 fully saturated rings. The fraction of sp³-hybridized carbons (Fsp3) is 0.345. The summed E-state index contributed by atoms with van der Waals surface area (Å²) in [6, 6.07) is 16.0. The summed E-state index contributed by atoms with van der Waals surface area (Å²) in [6.07, 6.45) is 6.52. The molecule has 3 heterocycles. The molecule has 0 amide bonds. The van der Waals surface area contributed by atoms with Gasteiger partial charge in [0.1, 0.15) is 18.1 Å². The van der Waals surface area contributed by atoms with Gasteiger partial charge in [0.05, 0.1) is 17.8 Å². The Hall–Kier alpha value is -3.91. The molecule has 37 heavy (non-hydrogen) atoms. The van der Waals surface area contributed by atoms with Crippen molar-refractivity contribution in [2.24, 2.45) is 7.05 Å². The Morgan fingerprint density at radius 1 is 1.19 bits per heavy atom. The van der Waals surface area contributed by atoms with Crippen molar-refractivity contribution < 1.29 is 19.2 Å². The maximum absolute atomic E-state index is 11.4. The number of aliphatic carboxylic acids is 1. The predicted molar refractivity (Wildman–Crippen MR) is 136 cm³/mol. The van der Waals surface area contributed by atoms with Gasteiger partial charge in [0.25, 0.3) is 0 Å². The van der Waals surface area contributed by atoms with Crippen LogP contribution in [0.2, 0.25) is 0 Å². The lowest BCUT2D eigenvalue weighted by Crippen LogP contribution is -2.30. The number of hydrogen-bond acceptors (Lipinski definition) is 6. The summed E-state index contributed by atoms with van der Waals surface area (Å²) in [7, 11) is 1.99. The van der Waals surface area contributed by atoms with Gasteiger partial charge in [0, 0.05) is 56.8 Å². The molecule has 6 rings (SSSR count). The van der Waals surface area contributed by atoms with Crippen LogP contribution in [-0.4, -0.2) is 37.5 Å². The second kappa shape index (κ2) is 9.86. The summed E-state index contributed by atoms with van der Waals surface area (Å²) in [5.74, 6) is -0.462. The lowest BCUT2D eigenvalue weighted by atomic mass is 9.92. The average Bonchev–Trinajstić information content (AvgIpc) is 3.63. The van der Waals surface area contributed by atoms with E-state index in [-0.39, 0.29) is 18.4 Å². The normalized spacial score (nSPS) is 17.8. The Morgan fingerprint density at radius 2 is 2.05 bits per heavy atom. The van der Waals surface area contributed by atoms with Crippen molar-refractivity contribution in [1.29, 1.82) is 0 Å². The summed E-state index contributed by atoms with van der Waals surface area (Å²) in [6.45, 7) is 2.90. The number of hydrogen-bond donors (Lipinski definition) is 1. The van der Waals surface area contributed by atoms with Gasteiger partial charge in [-0.15, -0.1) is 0 Å². The first-order chi connectivity index (χ1) is 18.0. The van der Waals surface area contributed by atoms with Gasteiger partial charge < -0.3 is 14.4 Å². The number of ether oxygens (including phenoxy) is 1. The van der Waals surface area contributed by atoms with Crippen LogP contribution in [0.3, 0.4) is 0 Å². The van der Waals surface area contributed by atoms with Crippen LogP contribution in [0, 0.1) is 0 Å². The van der Waals surface area contributed by atoms with Gasteiger partial charge in [0.2, 0.25) is 0 Å². The minimum absolute atomic E-state index is 0.0115. The molecule has 8 nitrogen and oxygen atoms in total. The molecule has 1 aliphatic heterocycles. The number of aromatic nitrogens is 3. The number of carboxylic acids is 1. The molecule has 0 bridgehead atoms. The monoisotopic (exact) mass is 498 g/mol. The van der Waals surface area contributed by atoms with Crippen molar-refractivity contribution in [1.82, 2.24) is 19.8 Å². The first-order valence-corrected chi connectivity index (χ1v) is 12.8. The molecule has 1 aliphatic carbocycles. The summed E-state index contributed by atoms with van der Waals surface area (Å²) < 4.78 is 13.3. The molecule has 4 aromatic rings. The van der Waals surface area contributed by atoms with Gasteiger partial charge in [-0.05, 0) is 47.2 Å². The maximum Gasteiger partial charge on any atom is 0.304 e. The Labute approximate surface area is 215 Å². The molecular formula is C29H30N4O4. The van der Waals surface area contributed by atoms with E-state index in [1.165, 1.54) is 34.2 Å². The molecular weight excluding hydrogens is 468 g/mol. The number of benzene rings is 2. The summed E-state index contributed by atoms with van der Waals surface area (Å²) in [5, 5.41) is 17.9. The highest BCUT2D eigenvalue weighted by atomic mass is 16.5. The lowest BCUT2D eigenvalue weighted by molar-refractivity contribution is -0.137. The SMILES string of the molecule is Cn1cc2c(n1)CCN(Cc1cccc3c1CC[C@H]3Oc1ccc([C@H](CC(=O)O)c3ccon3)cc1)C2. The summed E-state index contributed by atoms with van der Waals surface area (Å²) in [5.41, 5.74) is 8.11. The zero-order chi connectivity index (χ0) is 25.4. The molecule has 2 aliphatic rings. The van der Waals surface area contributed by atoms with Crippen molar-refractivity contribution in [3.8, 4) is 5.75 Å². The molecule has 0 radical (unpaired) electrons. The molecule has 2 aromatic carbocycles. The van der Waals surface area contributed by atoms with Crippen molar-refractivity contribution in [2.45, 2.75) is 50.8 Å². The quantitative estimate of drug-likeness (QED) is 0.378. The number of rotatable bonds is 8. The highest BCUT2D eigenvalue weighted by Crippen LogP contribution is 2.38. The van der Waals surface area contributed by atoms with E-state index in [0.717, 1.165) is 50.2 Å².